The lowest BCUT2D eigenvalue weighted by molar-refractivity contribution is 0.0222. The highest BCUT2D eigenvalue weighted by molar-refractivity contribution is 5.91. The first kappa shape index (κ1) is 21.7. The van der Waals surface area contributed by atoms with Crippen LogP contribution in [0.4, 0.5) is 10.5 Å². The largest absolute Gasteiger partial charge is 0.444 e. The molecule has 0 atom stereocenters. The van der Waals surface area contributed by atoms with Gasteiger partial charge in [0.25, 0.3) is 0 Å². The van der Waals surface area contributed by atoms with Gasteiger partial charge in [0.2, 0.25) is 0 Å². The van der Waals surface area contributed by atoms with Gasteiger partial charge in [-0.15, -0.1) is 0 Å². The average molecular weight is 428 g/mol. The summed E-state index contributed by atoms with van der Waals surface area (Å²) < 4.78 is 11.4. The van der Waals surface area contributed by atoms with E-state index in [4.69, 9.17) is 9.15 Å². The molecular formula is C24H33N3O4. The lowest BCUT2D eigenvalue weighted by atomic mass is 9.93. The second-order valence-corrected chi connectivity index (χ2v) is 9.83. The molecule has 7 heteroatoms. The number of likely N-dealkylation sites (N-methyl/N-ethyl adjacent to an activating group) is 1. The maximum absolute atomic E-state index is 13.0. The van der Waals surface area contributed by atoms with Crippen LogP contribution in [0.3, 0.4) is 0 Å². The fraction of sp³-hybridized carbons (Fsp3) is 0.583. The van der Waals surface area contributed by atoms with Crippen LogP contribution in [-0.2, 0) is 17.7 Å². The fourth-order valence-corrected chi connectivity index (χ4v) is 4.61. The van der Waals surface area contributed by atoms with E-state index in [2.05, 4.69) is 29.8 Å². The van der Waals surface area contributed by atoms with Gasteiger partial charge in [-0.2, -0.15) is 0 Å². The van der Waals surface area contributed by atoms with Crippen molar-refractivity contribution in [1.29, 1.82) is 0 Å². The van der Waals surface area contributed by atoms with E-state index in [9.17, 15) is 9.59 Å². The zero-order chi connectivity index (χ0) is 22.5. The van der Waals surface area contributed by atoms with Crippen LogP contribution in [0.15, 0.2) is 15.3 Å². The molecule has 1 aromatic heterocycles. The molecular weight excluding hydrogens is 394 g/mol. The Labute approximate surface area is 183 Å². The molecule has 0 aliphatic carbocycles. The molecule has 31 heavy (non-hydrogen) atoms. The molecule has 0 saturated carbocycles. The number of fused-ring (bicyclic) bond motifs is 3. The van der Waals surface area contributed by atoms with Gasteiger partial charge in [-0.25, -0.2) is 9.59 Å². The predicted molar refractivity (Wildman–Crippen MR) is 122 cm³/mol. The van der Waals surface area contributed by atoms with Crippen LogP contribution in [0, 0.1) is 13.8 Å². The van der Waals surface area contributed by atoms with Crippen molar-refractivity contribution < 1.29 is 13.9 Å². The average Bonchev–Trinajstić information content (AvgIpc) is 2.70. The standard InChI is InChI=1S/C24H33N3O4/c1-15-13-19(26-11-9-25(6)10-12-26)16(2)21-20(15)17-7-8-27(14-18(17)22(28)30-21)23(29)31-24(3,4)5/h13H,7-12,14H2,1-6H3. The Bertz CT molecular complexity index is 1080. The summed E-state index contributed by atoms with van der Waals surface area (Å²) in [5.41, 5.74) is 4.61. The van der Waals surface area contributed by atoms with Crippen molar-refractivity contribution in [2.24, 2.45) is 0 Å². The van der Waals surface area contributed by atoms with Gasteiger partial charge in [0.15, 0.2) is 0 Å². The van der Waals surface area contributed by atoms with Crippen molar-refractivity contribution in [3.8, 4) is 0 Å². The molecule has 1 fully saturated rings. The van der Waals surface area contributed by atoms with Crippen LogP contribution in [-0.4, -0.2) is 61.3 Å². The van der Waals surface area contributed by atoms with Gasteiger partial charge < -0.3 is 23.9 Å². The summed E-state index contributed by atoms with van der Waals surface area (Å²) >= 11 is 0. The molecule has 0 spiro atoms. The number of anilines is 1. The Morgan fingerprint density at radius 1 is 1.06 bits per heavy atom. The topological polar surface area (TPSA) is 66.2 Å². The van der Waals surface area contributed by atoms with Crippen LogP contribution in [0.25, 0.3) is 11.0 Å². The Morgan fingerprint density at radius 2 is 1.74 bits per heavy atom. The molecule has 0 radical (unpaired) electrons. The Hall–Kier alpha value is -2.54. The number of hydrogen-bond acceptors (Lipinski definition) is 6. The van der Waals surface area contributed by atoms with Crippen LogP contribution in [0.2, 0.25) is 0 Å². The van der Waals surface area contributed by atoms with Gasteiger partial charge in [0.1, 0.15) is 11.2 Å². The second kappa shape index (κ2) is 7.86. The number of carbonyl (C=O) groups excluding carboxylic acids is 1. The van der Waals surface area contributed by atoms with E-state index < -0.39 is 11.7 Å². The minimum Gasteiger partial charge on any atom is -0.444 e. The molecule has 2 aliphatic heterocycles. The number of nitrogens with zero attached hydrogens (tertiary/aromatic N) is 3. The molecule has 4 rings (SSSR count). The van der Waals surface area contributed by atoms with Crippen molar-refractivity contribution in [2.75, 3.05) is 44.7 Å². The fourth-order valence-electron chi connectivity index (χ4n) is 4.61. The highest BCUT2D eigenvalue weighted by atomic mass is 16.6. The van der Waals surface area contributed by atoms with Crippen molar-refractivity contribution >= 4 is 22.7 Å². The van der Waals surface area contributed by atoms with Crippen molar-refractivity contribution in [2.45, 2.75) is 53.2 Å². The van der Waals surface area contributed by atoms with E-state index >= 15 is 0 Å². The Morgan fingerprint density at radius 3 is 2.39 bits per heavy atom. The van der Waals surface area contributed by atoms with Gasteiger partial charge in [-0.3, -0.25) is 0 Å². The van der Waals surface area contributed by atoms with Crippen LogP contribution in [0.1, 0.15) is 43.0 Å². The maximum atomic E-state index is 13.0. The number of piperazine rings is 1. The van der Waals surface area contributed by atoms with E-state index in [1.165, 1.54) is 0 Å². The number of hydrogen-bond donors (Lipinski definition) is 0. The normalized spacial score (nSPS) is 17.7. The molecule has 1 aromatic carbocycles. The summed E-state index contributed by atoms with van der Waals surface area (Å²) in [7, 11) is 2.14. The lowest BCUT2D eigenvalue weighted by Gasteiger charge is -2.35. The van der Waals surface area contributed by atoms with Crippen LogP contribution < -0.4 is 10.5 Å². The quantitative estimate of drug-likeness (QED) is 0.650. The number of carbonyl (C=O) groups is 1. The van der Waals surface area contributed by atoms with Crippen LogP contribution >= 0.6 is 0 Å². The minimum atomic E-state index is -0.571. The van der Waals surface area contributed by atoms with E-state index in [-0.39, 0.29) is 12.2 Å². The number of rotatable bonds is 1. The highest BCUT2D eigenvalue weighted by Gasteiger charge is 2.30. The summed E-state index contributed by atoms with van der Waals surface area (Å²) in [4.78, 5) is 31.8. The minimum absolute atomic E-state index is 0.223. The number of benzene rings is 1. The van der Waals surface area contributed by atoms with Gasteiger partial charge in [0.05, 0.1) is 12.1 Å². The summed E-state index contributed by atoms with van der Waals surface area (Å²) in [6.45, 7) is 14.4. The predicted octanol–water partition coefficient (Wildman–Crippen LogP) is 3.45. The molecule has 3 heterocycles. The maximum Gasteiger partial charge on any atom is 0.410 e. The molecule has 0 unspecified atom stereocenters. The van der Waals surface area contributed by atoms with Gasteiger partial charge >= 0.3 is 11.7 Å². The molecule has 1 saturated heterocycles. The molecule has 7 nitrogen and oxygen atoms in total. The summed E-state index contributed by atoms with van der Waals surface area (Å²) in [6, 6.07) is 2.23. The third-order valence-corrected chi connectivity index (χ3v) is 6.28. The first-order valence-corrected chi connectivity index (χ1v) is 11.1. The summed E-state index contributed by atoms with van der Waals surface area (Å²) in [6.07, 6.45) is 0.223. The molecule has 0 bridgehead atoms. The monoisotopic (exact) mass is 427 g/mol. The number of aryl methyl sites for hydroxylation is 2. The number of ether oxygens (including phenoxy) is 1. The van der Waals surface area contributed by atoms with Gasteiger partial charge in [-0.1, -0.05) is 0 Å². The van der Waals surface area contributed by atoms with E-state index in [0.29, 0.717) is 24.1 Å². The Balaban J connectivity index is 1.73. The highest BCUT2D eigenvalue weighted by Crippen LogP contribution is 2.35. The third kappa shape index (κ3) is 4.15. The summed E-state index contributed by atoms with van der Waals surface area (Å²) in [5.74, 6) is 0. The zero-order valence-electron chi connectivity index (χ0n) is 19.5. The van der Waals surface area contributed by atoms with Crippen LogP contribution in [0.5, 0.6) is 0 Å². The second-order valence-electron chi connectivity index (χ2n) is 9.83. The van der Waals surface area contributed by atoms with Gasteiger partial charge in [-0.05, 0) is 65.3 Å². The SMILES string of the molecule is Cc1c(N2CCN(C)CC2)cc(C)c2c3c(c(=O)oc12)CN(C(=O)OC(C)(C)C)CC3. The molecule has 0 N–H and O–H groups in total. The van der Waals surface area contributed by atoms with Crippen molar-refractivity contribution in [3.05, 3.63) is 38.7 Å². The van der Waals surface area contributed by atoms with E-state index in [1.54, 1.807) is 4.90 Å². The third-order valence-electron chi connectivity index (χ3n) is 6.28. The smallest absolute Gasteiger partial charge is 0.410 e. The molecule has 2 aromatic rings. The first-order chi connectivity index (χ1) is 14.5. The summed E-state index contributed by atoms with van der Waals surface area (Å²) in [5, 5.41) is 1.02. The van der Waals surface area contributed by atoms with Gasteiger partial charge in [0, 0.05) is 49.4 Å². The van der Waals surface area contributed by atoms with E-state index in [1.807, 2.05) is 27.7 Å². The Kier molecular flexibility index (Phi) is 5.50. The molecule has 2 aliphatic rings. The van der Waals surface area contributed by atoms with Crippen molar-refractivity contribution in [1.82, 2.24) is 9.80 Å². The molecule has 1 amide bonds. The molecule has 168 valence electrons. The lowest BCUT2D eigenvalue weighted by Crippen LogP contribution is -2.44. The zero-order valence-corrected chi connectivity index (χ0v) is 19.5. The first-order valence-electron chi connectivity index (χ1n) is 11.1. The van der Waals surface area contributed by atoms with Crippen molar-refractivity contribution in [3.63, 3.8) is 0 Å². The van der Waals surface area contributed by atoms with E-state index in [0.717, 1.165) is 53.9 Å². The number of amides is 1.